The molecule has 1 atom stereocenters. The second-order valence-electron chi connectivity index (χ2n) is 6.58. The molecule has 2 N–H and O–H groups in total. The number of carbonyl (C=O) groups is 2. The Morgan fingerprint density at radius 1 is 1.00 bits per heavy atom. The molecule has 138 valence electrons. The minimum Gasteiger partial charge on any atom is -0.481 e. The van der Waals surface area contributed by atoms with Crippen LogP contribution < -0.4 is 15.4 Å². The van der Waals surface area contributed by atoms with Crippen molar-refractivity contribution in [3.63, 3.8) is 0 Å². The Morgan fingerprint density at radius 2 is 1.65 bits per heavy atom. The molecule has 0 saturated carbocycles. The number of carbonyl (C=O) groups excluding carboxylic acids is 2. The molecular formula is C21H26N2O3. The van der Waals surface area contributed by atoms with Crippen LogP contribution in [0.25, 0.3) is 0 Å². The summed E-state index contributed by atoms with van der Waals surface area (Å²) in [4.78, 5) is 23.9. The van der Waals surface area contributed by atoms with Crippen molar-refractivity contribution in [2.45, 2.75) is 39.7 Å². The minimum absolute atomic E-state index is 0.167. The van der Waals surface area contributed by atoms with Crippen LogP contribution in [-0.4, -0.2) is 25.0 Å². The fourth-order valence-electron chi connectivity index (χ4n) is 2.72. The third-order valence-corrected chi connectivity index (χ3v) is 4.19. The maximum absolute atomic E-state index is 12.3. The van der Waals surface area contributed by atoms with E-state index in [-0.39, 0.29) is 11.8 Å². The van der Waals surface area contributed by atoms with E-state index in [2.05, 4.69) is 24.5 Å². The van der Waals surface area contributed by atoms with Crippen molar-refractivity contribution in [3.05, 3.63) is 59.2 Å². The zero-order valence-electron chi connectivity index (χ0n) is 15.9. The average molecular weight is 354 g/mol. The van der Waals surface area contributed by atoms with E-state index >= 15 is 0 Å². The van der Waals surface area contributed by atoms with Crippen LogP contribution in [0.2, 0.25) is 0 Å². The average Bonchev–Trinajstić information content (AvgIpc) is 2.61. The first-order valence-electron chi connectivity index (χ1n) is 8.72. The molecule has 2 rings (SSSR count). The maximum Gasteiger partial charge on any atom is 0.265 e. The Labute approximate surface area is 154 Å². The first-order chi connectivity index (χ1) is 12.3. The third kappa shape index (κ3) is 4.85. The number of ether oxygens (including phenoxy) is 1. The van der Waals surface area contributed by atoms with Crippen LogP contribution in [0.1, 0.15) is 48.2 Å². The molecule has 2 amide bonds. The minimum atomic E-state index is -0.641. The summed E-state index contributed by atoms with van der Waals surface area (Å²) in [6.07, 6.45) is -0.641. The van der Waals surface area contributed by atoms with E-state index in [1.807, 2.05) is 25.1 Å². The highest BCUT2D eigenvalue weighted by molar-refractivity contribution is 5.96. The molecule has 0 aliphatic rings. The highest BCUT2D eigenvalue weighted by Gasteiger charge is 2.16. The van der Waals surface area contributed by atoms with Gasteiger partial charge in [0.1, 0.15) is 5.75 Å². The molecule has 2 aromatic carbocycles. The zero-order chi connectivity index (χ0) is 19.3. The van der Waals surface area contributed by atoms with Crippen LogP contribution in [-0.2, 0) is 4.79 Å². The summed E-state index contributed by atoms with van der Waals surface area (Å²) in [6, 6.07) is 12.6. The molecule has 0 saturated heterocycles. The van der Waals surface area contributed by atoms with Gasteiger partial charge in [0.25, 0.3) is 11.8 Å². The summed E-state index contributed by atoms with van der Waals surface area (Å²) < 4.78 is 5.77. The lowest BCUT2D eigenvalue weighted by molar-refractivity contribution is -0.122. The molecule has 5 nitrogen and oxygen atoms in total. The monoisotopic (exact) mass is 354 g/mol. The van der Waals surface area contributed by atoms with Gasteiger partial charge in [-0.1, -0.05) is 19.9 Å². The SMILES string of the molecule is CNC(=O)c1ccc(NC(=O)C(C)Oc2ccc(C(C)C)c(C)c2)cc1. The highest BCUT2D eigenvalue weighted by Crippen LogP contribution is 2.24. The number of amides is 2. The number of rotatable bonds is 6. The predicted molar refractivity (Wildman–Crippen MR) is 104 cm³/mol. The molecule has 0 heterocycles. The normalized spacial score (nSPS) is 11.8. The van der Waals surface area contributed by atoms with E-state index in [4.69, 9.17) is 4.74 Å². The van der Waals surface area contributed by atoms with Gasteiger partial charge >= 0.3 is 0 Å². The number of nitrogens with one attached hydrogen (secondary N) is 2. The molecule has 0 aromatic heterocycles. The largest absolute Gasteiger partial charge is 0.481 e. The van der Waals surface area contributed by atoms with E-state index in [9.17, 15) is 9.59 Å². The van der Waals surface area contributed by atoms with Crippen molar-refractivity contribution in [2.24, 2.45) is 0 Å². The van der Waals surface area contributed by atoms with Gasteiger partial charge in [-0.05, 0) is 67.3 Å². The topological polar surface area (TPSA) is 67.4 Å². The van der Waals surface area contributed by atoms with Gasteiger partial charge in [-0.2, -0.15) is 0 Å². The van der Waals surface area contributed by atoms with E-state index < -0.39 is 6.10 Å². The number of hydrogen-bond acceptors (Lipinski definition) is 3. The summed E-state index contributed by atoms with van der Waals surface area (Å²) >= 11 is 0. The molecule has 1 unspecified atom stereocenters. The fraction of sp³-hybridized carbons (Fsp3) is 0.333. The van der Waals surface area contributed by atoms with Crippen molar-refractivity contribution in [3.8, 4) is 5.75 Å². The van der Waals surface area contributed by atoms with Gasteiger partial charge in [0.05, 0.1) is 0 Å². The molecule has 0 aliphatic heterocycles. The van der Waals surface area contributed by atoms with Crippen LogP contribution in [0.15, 0.2) is 42.5 Å². The zero-order valence-corrected chi connectivity index (χ0v) is 15.9. The molecule has 0 fully saturated rings. The van der Waals surface area contributed by atoms with Gasteiger partial charge in [0, 0.05) is 18.3 Å². The summed E-state index contributed by atoms with van der Waals surface area (Å²) in [7, 11) is 1.58. The van der Waals surface area contributed by atoms with Crippen molar-refractivity contribution in [1.82, 2.24) is 5.32 Å². The number of benzene rings is 2. The van der Waals surface area contributed by atoms with Crippen molar-refractivity contribution < 1.29 is 14.3 Å². The number of aryl methyl sites for hydroxylation is 1. The van der Waals surface area contributed by atoms with E-state index in [1.165, 1.54) is 5.56 Å². The lowest BCUT2D eigenvalue weighted by Crippen LogP contribution is -2.30. The van der Waals surface area contributed by atoms with Crippen LogP contribution in [0.5, 0.6) is 5.75 Å². The maximum atomic E-state index is 12.3. The number of hydrogen-bond donors (Lipinski definition) is 2. The van der Waals surface area contributed by atoms with Gasteiger partial charge in [-0.25, -0.2) is 0 Å². The van der Waals surface area contributed by atoms with E-state index in [0.29, 0.717) is 22.9 Å². The summed E-state index contributed by atoms with van der Waals surface area (Å²) in [6.45, 7) is 8.05. The Morgan fingerprint density at radius 3 is 2.19 bits per heavy atom. The second-order valence-corrected chi connectivity index (χ2v) is 6.58. The lowest BCUT2D eigenvalue weighted by Gasteiger charge is -2.17. The van der Waals surface area contributed by atoms with Gasteiger partial charge in [-0.3, -0.25) is 9.59 Å². The summed E-state index contributed by atoms with van der Waals surface area (Å²) in [5, 5.41) is 5.35. The van der Waals surface area contributed by atoms with Gasteiger partial charge in [0.2, 0.25) is 0 Å². The molecule has 0 spiro atoms. The second kappa shape index (κ2) is 8.52. The summed E-state index contributed by atoms with van der Waals surface area (Å²) in [5.41, 5.74) is 3.57. The molecule has 2 aromatic rings. The van der Waals surface area contributed by atoms with Crippen molar-refractivity contribution in [2.75, 3.05) is 12.4 Å². The first kappa shape index (κ1) is 19.5. The van der Waals surface area contributed by atoms with E-state index in [1.54, 1.807) is 38.2 Å². The quantitative estimate of drug-likeness (QED) is 0.827. The highest BCUT2D eigenvalue weighted by atomic mass is 16.5. The van der Waals surface area contributed by atoms with Gasteiger partial charge in [0.15, 0.2) is 6.10 Å². The number of anilines is 1. The molecular weight excluding hydrogens is 328 g/mol. The Kier molecular flexibility index (Phi) is 6.39. The molecule has 0 radical (unpaired) electrons. The van der Waals surface area contributed by atoms with Crippen LogP contribution in [0, 0.1) is 6.92 Å². The lowest BCUT2D eigenvalue weighted by atomic mass is 9.98. The van der Waals surface area contributed by atoms with Crippen LogP contribution in [0.3, 0.4) is 0 Å². The van der Waals surface area contributed by atoms with Gasteiger partial charge in [-0.15, -0.1) is 0 Å². The van der Waals surface area contributed by atoms with Crippen molar-refractivity contribution >= 4 is 17.5 Å². The molecule has 0 aliphatic carbocycles. The Bertz CT molecular complexity index is 782. The van der Waals surface area contributed by atoms with Crippen LogP contribution >= 0.6 is 0 Å². The van der Waals surface area contributed by atoms with Crippen LogP contribution in [0.4, 0.5) is 5.69 Å². The predicted octanol–water partition coefficient (Wildman–Crippen LogP) is 3.88. The Hall–Kier alpha value is -2.82. The van der Waals surface area contributed by atoms with Crippen molar-refractivity contribution in [1.29, 1.82) is 0 Å². The molecule has 5 heteroatoms. The smallest absolute Gasteiger partial charge is 0.265 e. The molecule has 26 heavy (non-hydrogen) atoms. The molecule has 0 bridgehead atoms. The van der Waals surface area contributed by atoms with Gasteiger partial charge < -0.3 is 15.4 Å². The third-order valence-electron chi connectivity index (χ3n) is 4.19. The first-order valence-corrected chi connectivity index (χ1v) is 8.72. The Balaban J connectivity index is 1.99. The fourth-order valence-corrected chi connectivity index (χ4v) is 2.72. The summed E-state index contributed by atoms with van der Waals surface area (Å²) in [5.74, 6) is 0.704. The standard InChI is InChI=1S/C21H26N2O3/c1-13(2)19-11-10-18(12-14(19)3)26-15(4)20(24)23-17-8-6-16(7-9-17)21(25)22-5/h6-13,15H,1-5H3,(H,22,25)(H,23,24). The van der Waals surface area contributed by atoms with E-state index in [0.717, 1.165) is 5.56 Å².